The van der Waals surface area contributed by atoms with Crippen LogP contribution >= 0.6 is 0 Å². The molecule has 0 aliphatic rings. The Bertz CT molecular complexity index is 145. The molecule has 0 rings (SSSR count). The van der Waals surface area contributed by atoms with Gasteiger partial charge in [-0.2, -0.15) is 13.2 Å². The molecule has 0 fully saturated rings. The third-order valence-electron chi connectivity index (χ3n) is 1.71. The van der Waals surface area contributed by atoms with E-state index in [0.717, 1.165) is 0 Å². The van der Waals surface area contributed by atoms with Crippen molar-refractivity contribution in [2.75, 3.05) is 13.1 Å². The lowest BCUT2D eigenvalue weighted by Gasteiger charge is -2.16. The van der Waals surface area contributed by atoms with Gasteiger partial charge in [0.2, 0.25) is 0 Å². The minimum Gasteiger partial charge on any atom is -0.313 e. The van der Waals surface area contributed by atoms with Crippen LogP contribution in [0.2, 0.25) is 0 Å². The third-order valence-corrected chi connectivity index (χ3v) is 1.71. The standard InChI is InChI=1S/C9H19F3N2/c1-7(2)13-4-5-14-8(3)6-9(10,11)12/h7-8,13-14H,4-6H2,1-3H3. The Hall–Kier alpha value is -0.290. The number of halogens is 3. The van der Waals surface area contributed by atoms with E-state index >= 15 is 0 Å². The molecule has 1 atom stereocenters. The quantitative estimate of drug-likeness (QED) is 0.657. The maximum Gasteiger partial charge on any atom is 0.390 e. The fourth-order valence-electron chi connectivity index (χ4n) is 1.10. The molecule has 5 heteroatoms. The first-order chi connectivity index (χ1) is 6.31. The first-order valence-corrected chi connectivity index (χ1v) is 4.85. The lowest BCUT2D eigenvalue weighted by Crippen LogP contribution is -2.37. The molecule has 0 aromatic carbocycles. The first-order valence-electron chi connectivity index (χ1n) is 4.85. The smallest absolute Gasteiger partial charge is 0.313 e. The highest BCUT2D eigenvalue weighted by molar-refractivity contribution is 4.66. The first kappa shape index (κ1) is 13.7. The maximum absolute atomic E-state index is 11.9. The van der Waals surface area contributed by atoms with Crippen molar-refractivity contribution in [1.82, 2.24) is 10.6 Å². The predicted octanol–water partition coefficient (Wildman–Crippen LogP) is 1.91. The van der Waals surface area contributed by atoms with E-state index in [1.54, 1.807) is 6.92 Å². The van der Waals surface area contributed by atoms with Crippen molar-refractivity contribution in [3.63, 3.8) is 0 Å². The average Bonchev–Trinajstić information content (AvgIpc) is 1.94. The molecular formula is C9H19F3N2. The maximum atomic E-state index is 11.9. The molecule has 0 amide bonds. The molecule has 0 bridgehead atoms. The average molecular weight is 212 g/mol. The van der Waals surface area contributed by atoms with Crippen LogP contribution in [0.1, 0.15) is 27.2 Å². The lowest BCUT2D eigenvalue weighted by atomic mass is 10.2. The van der Waals surface area contributed by atoms with Gasteiger partial charge in [-0.1, -0.05) is 13.8 Å². The highest BCUT2D eigenvalue weighted by Crippen LogP contribution is 2.20. The van der Waals surface area contributed by atoms with E-state index in [9.17, 15) is 13.2 Å². The minimum atomic E-state index is -4.07. The van der Waals surface area contributed by atoms with Crippen molar-refractivity contribution in [3.05, 3.63) is 0 Å². The molecule has 2 nitrogen and oxygen atoms in total. The minimum absolute atomic E-state index is 0.370. The normalized spacial score (nSPS) is 14.8. The van der Waals surface area contributed by atoms with Crippen molar-refractivity contribution >= 4 is 0 Å². The van der Waals surface area contributed by atoms with Crippen molar-refractivity contribution < 1.29 is 13.2 Å². The fourth-order valence-corrected chi connectivity index (χ4v) is 1.10. The molecule has 0 saturated heterocycles. The second-order valence-corrected chi connectivity index (χ2v) is 3.78. The van der Waals surface area contributed by atoms with Crippen LogP contribution in [-0.2, 0) is 0 Å². The van der Waals surface area contributed by atoms with E-state index in [0.29, 0.717) is 19.1 Å². The summed E-state index contributed by atoms with van der Waals surface area (Å²) in [7, 11) is 0. The van der Waals surface area contributed by atoms with Crippen molar-refractivity contribution in [1.29, 1.82) is 0 Å². The van der Waals surface area contributed by atoms with Gasteiger partial charge in [-0.05, 0) is 6.92 Å². The van der Waals surface area contributed by atoms with Gasteiger partial charge in [-0.15, -0.1) is 0 Å². The van der Waals surface area contributed by atoms with Crippen LogP contribution < -0.4 is 10.6 Å². The van der Waals surface area contributed by atoms with Gasteiger partial charge >= 0.3 is 6.18 Å². The lowest BCUT2D eigenvalue weighted by molar-refractivity contribution is -0.138. The summed E-state index contributed by atoms with van der Waals surface area (Å²) in [5.41, 5.74) is 0. The highest BCUT2D eigenvalue weighted by atomic mass is 19.4. The second kappa shape index (κ2) is 6.24. The van der Waals surface area contributed by atoms with Crippen molar-refractivity contribution in [3.8, 4) is 0 Å². The van der Waals surface area contributed by atoms with Crippen LogP contribution in [-0.4, -0.2) is 31.3 Å². The summed E-state index contributed by atoms with van der Waals surface area (Å²) in [6.07, 6.45) is -4.84. The molecule has 0 aliphatic heterocycles. The van der Waals surface area contributed by atoms with E-state index in [1.807, 2.05) is 13.8 Å². The monoisotopic (exact) mass is 212 g/mol. The van der Waals surface area contributed by atoms with E-state index in [1.165, 1.54) is 0 Å². The van der Waals surface area contributed by atoms with Crippen LogP contribution in [0.25, 0.3) is 0 Å². The zero-order valence-electron chi connectivity index (χ0n) is 8.91. The van der Waals surface area contributed by atoms with Gasteiger partial charge in [0.05, 0.1) is 6.42 Å². The Labute approximate surface area is 83.3 Å². The molecular weight excluding hydrogens is 193 g/mol. The Morgan fingerprint density at radius 2 is 1.50 bits per heavy atom. The molecule has 2 N–H and O–H groups in total. The van der Waals surface area contributed by atoms with Crippen LogP contribution in [0.5, 0.6) is 0 Å². The summed E-state index contributed by atoms with van der Waals surface area (Å²) < 4.78 is 35.7. The third kappa shape index (κ3) is 9.80. The molecule has 1 unspecified atom stereocenters. The molecule has 0 aromatic heterocycles. The number of alkyl halides is 3. The largest absolute Gasteiger partial charge is 0.390 e. The van der Waals surface area contributed by atoms with Gasteiger partial charge in [0, 0.05) is 25.2 Å². The van der Waals surface area contributed by atoms with E-state index in [2.05, 4.69) is 10.6 Å². The molecule has 0 radical (unpaired) electrons. The summed E-state index contributed by atoms with van der Waals surface area (Å²) in [5.74, 6) is 0. The summed E-state index contributed by atoms with van der Waals surface area (Å²) in [6, 6.07) is -0.140. The molecule has 0 heterocycles. The SMILES string of the molecule is CC(C)NCCNC(C)CC(F)(F)F. The zero-order valence-corrected chi connectivity index (χ0v) is 8.91. The van der Waals surface area contributed by atoms with Gasteiger partial charge in [0.15, 0.2) is 0 Å². The number of nitrogens with one attached hydrogen (secondary N) is 2. The van der Waals surface area contributed by atoms with Gasteiger partial charge in [0.25, 0.3) is 0 Å². The second-order valence-electron chi connectivity index (χ2n) is 3.78. The molecule has 0 spiro atoms. The van der Waals surface area contributed by atoms with Gasteiger partial charge in [0.1, 0.15) is 0 Å². The summed E-state index contributed by atoms with van der Waals surface area (Å²) in [6.45, 7) is 6.80. The van der Waals surface area contributed by atoms with Crippen LogP contribution in [0.15, 0.2) is 0 Å². The van der Waals surface area contributed by atoms with E-state index in [-0.39, 0.29) is 0 Å². The Morgan fingerprint density at radius 3 is 1.93 bits per heavy atom. The summed E-state index contributed by atoms with van der Waals surface area (Å²) in [5, 5.41) is 5.93. The van der Waals surface area contributed by atoms with Gasteiger partial charge in [-0.3, -0.25) is 0 Å². The van der Waals surface area contributed by atoms with Crippen LogP contribution in [0.4, 0.5) is 13.2 Å². The van der Waals surface area contributed by atoms with E-state index in [4.69, 9.17) is 0 Å². The topological polar surface area (TPSA) is 24.1 Å². The Kier molecular flexibility index (Phi) is 6.11. The fraction of sp³-hybridized carbons (Fsp3) is 1.00. The number of rotatable bonds is 6. The van der Waals surface area contributed by atoms with Gasteiger partial charge < -0.3 is 10.6 Å². The van der Waals surface area contributed by atoms with Crippen LogP contribution in [0, 0.1) is 0 Å². The van der Waals surface area contributed by atoms with Crippen molar-refractivity contribution in [2.24, 2.45) is 0 Å². The summed E-state index contributed by atoms with van der Waals surface area (Å²) >= 11 is 0. The Balaban J connectivity index is 3.40. The number of hydrogen-bond acceptors (Lipinski definition) is 2. The Morgan fingerprint density at radius 1 is 1.00 bits per heavy atom. The summed E-state index contributed by atoms with van der Waals surface area (Å²) in [4.78, 5) is 0. The van der Waals surface area contributed by atoms with Gasteiger partial charge in [-0.25, -0.2) is 0 Å². The van der Waals surface area contributed by atoms with Crippen LogP contribution in [0.3, 0.4) is 0 Å². The molecule has 0 aliphatic carbocycles. The molecule has 86 valence electrons. The highest BCUT2D eigenvalue weighted by Gasteiger charge is 2.29. The molecule has 0 saturated carbocycles. The molecule has 14 heavy (non-hydrogen) atoms. The predicted molar refractivity (Wildman–Crippen MR) is 51.3 cm³/mol. The zero-order chi connectivity index (χ0) is 11.2. The molecule has 0 aromatic rings. The van der Waals surface area contributed by atoms with E-state index < -0.39 is 18.6 Å². The van der Waals surface area contributed by atoms with Crippen molar-refractivity contribution in [2.45, 2.75) is 45.5 Å². The number of hydrogen-bond donors (Lipinski definition) is 2.